The summed E-state index contributed by atoms with van der Waals surface area (Å²) < 4.78 is 5.47. The minimum Gasteiger partial charge on any atom is -0.496 e. The zero-order chi connectivity index (χ0) is 14.4. The van der Waals surface area contributed by atoms with Crippen molar-refractivity contribution in [3.8, 4) is 5.75 Å². The van der Waals surface area contributed by atoms with Crippen molar-refractivity contribution >= 4 is 0 Å². The maximum atomic E-state index is 5.47. The Labute approximate surface area is 123 Å². The highest BCUT2D eigenvalue weighted by molar-refractivity contribution is 5.38. The predicted octanol–water partition coefficient (Wildman–Crippen LogP) is 4.62. The number of ether oxygens (including phenoxy) is 1. The van der Waals surface area contributed by atoms with Gasteiger partial charge in [0.15, 0.2) is 0 Å². The maximum Gasteiger partial charge on any atom is 0.123 e. The van der Waals surface area contributed by atoms with Crippen LogP contribution in [0.1, 0.15) is 62.6 Å². The fourth-order valence-corrected chi connectivity index (χ4v) is 3.31. The van der Waals surface area contributed by atoms with Crippen LogP contribution < -0.4 is 10.1 Å². The molecule has 0 saturated heterocycles. The molecule has 1 unspecified atom stereocenters. The van der Waals surface area contributed by atoms with Crippen molar-refractivity contribution < 1.29 is 4.74 Å². The fraction of sp³-hybridized carbons (Fsp3) is 0.667. The van der Waals surface area contributed by atoms with E-state index in [1.807, 2.05) is 0 Å². The highest BCUT2D eigenvalue weighted by atomic mass is 16.5. The molecule has 1 aliphatic carbocycles. The molecule has 1 N–H and O–H groups in total. The van der Waals surface area contributed by atoms with Gasteiger partial charge in [-0.1, -0.05) is 43.4 Å². The zero-order valence-electron chi connectivity index (χ0n) is 13.2. The Balaban J connectivity index is 1.78. The smallest absolute Gasteiger partial charge is 0.123 e. The van der Waals surface area contributed by atoms with Gasteiger partial charge in [0.25, 0.3) is 0 Å². The molecular formula is C18H29NO. The van der Waals surface area contributed by atoms with E-state index in [9.17, 15) is 0 Å². The van der Waals surface area contributed by atoms with Gasteiger partial charge in [-0.2, -0.15) is 0 Å². The number of benzene rings is 1. The predicted molar refractivity (Wildman–Crippen MR) is 85.3 cm³/mol. The molecular weight excluding hydrogens is 246 g/mol. The molecule has 1 atom stereocenters. The maximum absolute atomic E-state index is 5.47. The third-order valence-corrected chi connectivity index (χ3v) is 4.57. The summed E-state index contributed by atoms with van der Waals surface area (Å²) in [6, 6.07) is 6.76. The Hall–Kier alpha value is -1.02. The second-order valence-electron chi connectivity index (χ2n) is 6.21. The highest BCUT2D eigenvalue weighted by Crippen LogP contribution is 2.29. The van der Waals surface area contributed by atoms with Crippen LogP contribution in [-0.2, 0) is 0 Å². The van der Waals surface area contributed by atoms with Gasteiger partial charge in [0.2, 0.25) is 0 Å². The summed E-state index contributed by atoms with van der Waals surface area (Å²) in [4.78, 5) is 0. The molecule has 0 bridgehead atoms. The summed E-state index contributed by atoms with van der Waals surface area (Å²) in [6.45, 7) is 5.47. The van der Waals surface area contributed by atoms with E-state index in [0.29, 0.717) is 6.04 Å². The van der Waals surface area contributed by atoms with Crippen LogP contribution in [0, 0.1) is 12.8 Å². The molecule has 1 aliphatic rings. The lowest BCUT2D eigenvalue weighted by molar-refractivity contribution is 0.399. The Kier molecular flexibility index (Phi) is 5.90. The Morgan fingerprint density at radius 3 is 2.75 bits per heavy atom. The SMILES string of the molecule is COc1ccc(C)cc1C(C)NCCCC1CCCC1. The van der Waals surface area contributed by atoms with Gasteiger partial charge in [-0.05, 0) is 45.2 Å². The number of aryl methyl sites for hydroxylation is 1. The minimum atomic E-state index is 0.355. The molecule has 0 heterocycles. The summed E-state index contributed by atoms with van der Waals surface area (Å²) in [7, 11) is 1.75. The number of hydrogen-bond donors (Lipinski definition) is 1. The molecule has 1 saturated carbocycles. The molecule has 1 aromatic rings. The molecule has 0 aliphatic heterocycles. The Morgan fingerprint density at radius 1 is 1.30 bits per heavy atom. The summed E-state index contributed by atoms with van der Waals surface area (Å²) in [6.07, 6.45) is 8.51. The molecule has 1 fully saturated rings. The van der Waals surface area contributed by atoms with Gasteiger partial charge in [-0.3, -0.25) is 0 Å². The molecule has 0 spiro atoms. The van der Waals surface area contributed by atoms with Crippen molar-refractivity contribution in [3.05, 3.63) is 29.3 Å². The number of rotatable bonds is 7. The van der Waals surface area contributed by atoms with Crippen LogP contribution in [0.3, 0.4) is 0 Å². The second-order valence-corrected chi connectivity index (χ2v) is 6.21. The molecule has 1 aromatic carbocycles. The first-order valence-corrected chi connectivity index (χ1v) is 8.08. The van der Waals surface area contributed by atoms with E-state index < -0.39 is 0 Å². The summed E-state index contributed by atoms with van der Waals surface area (Å²) in [5.74, 6) is 1.99. The van der Waals surface area contributed by atoms with Crippen LogP contribution in [0.25, 0.3) is 0 Å². The molecule has 20 heavy (non-hydrogen) atoms. The van der Waals surface area contributed by atoms with E-state index in [4.69, 9.17) is 4.74 Å². The summed E-state index contributed by atoms with van der Waals surface area (Å²) >= 11 is 0. The van der Waals surface area contributed by atoms with E-state index >= 15 is 0 Å². The fourth-order valence-electron chi connectivity index (χ4n) is 3.31. The normalized spacial score (nSPS) is 17.4. The van der Waals surface area contributed by atoms with E-state index in [0.717, 1.165) is 18.2 Å². The van der Waals surface area contributed by atoms with Crippen molar-refractivity contribution in [3.63, 3.8) is 0 Å². The average Bonchev–Trinajstić information content (AvgIpc) is 2.96. The largest absolute Gasteiger partial charge is 0.496 e. The monoisotopic (exact) mass is 275 g/mol. The van der Waals surface area contributed by atoms with Crippen molar-refractivity contribution in [2.75, 3.05) is 13.7 Å². The first-order valence-electron chi connectivity index (χ1n) is 8.08. The Morgan fingerprint density at radius 2 is 2.05 bits per heavy atom. The van der Waals surface area contributed by atoms with Crippen LogP contribution in [-0.4, -0.2) is 13.7 Å². The van der Waals surface area contributed by atoms with Crippen molar-refractivity contribution in [1.29, 1.82) is 0 Å². The van der Waals surface area contributed by atoms with Crippen molar-refractivity contribution in [1.82, 2.24) is 5.32 Å². The van der Waals surface area contributed by atoms with Gasteiger partial charge in [-0.25, -0.2) is 0 Å². The molecule has 0 aromatic heterocycles. The zero-order valence-corrected chi connectivity index (χ0v) is 13.2. The number of methoxy groups -OCH3 is 1. The standard InChI is InChI=1S/C18H29NO/c1-14-10-11-18(20-3)17(13-14)15(2)19-12-6-9-16-7-4-5-8-16/h10-11,13,15-16,19H,4-9,12H2,1-3H3. The lowest BCUT2D eigenvalue weighted by atomic mass is 10.0. The van der Waals surface area contributed by atoms with Crippen LogP contribution >= 0.6 is 0 Å². The van der Waals surface area contributed by atoms with Gasteiger partial charge in [0.05, 0.1) is 7.11 Å². The van der Waals surface area contributed by atoms with E-state index in [1.54, 1.807) is 7.11 Å². The third kappa shape index (κ3) is 4.24. The van der Waals surface area contributed by atoms with Crippen LogP contribution in [0.15, 0.2) is 18.2 Å². The highest BCUT2D eigenvalue weighted by Gasteiger charge is 2.15. The van der Waals surface area contributed by atoms with E-state index in [-0.39, 0.29) is 0 Å². The van der Waals surface area contributed by atoms with E-state index in [1.165, 1.54) is 49.7 Å². The van der Waals surface area contributed by atoms with Gasteiger partial charge in [-0.15, -0.1) is 0 Å². The topological polar surface area (TPSA) is 21.3 Å². The quantitative estimate of drug-likeness (QED) is 0.733. The third-order valence-electron chi connectivity index (χ3n) is 4.57. The van der Waals surface area contributed by atoms with Gasteiger partial charge in [0, 0.05) is 11.6 Å². The van der Waals surface area contributed by atoms with Crippen LogP contribution in [0.2, 0.25) is 0 Å². The van der Waals surface area contributed by atoms with Crippen molar-refractivity contribution in [2.24, 2.45) is 5.92 Å². The summed E-state index contributed by atoms with van der Waals surface area (Å²) in [5, 5.41) is 3.64. The molecule has 2 nitrogen and oxygen atoms in total. The van der Waals surface area contributed by atoms with Crippen molar-refractivity contribution in [2.45, 2.75) is 58.4 Å². The summed E-state index contributed by atoms with van der Waals surface area (Å²) in [5.41, 5.74) is 2.56. The first kappa shape index (κ1) is 15.4. The average molecular weight is 275 g/mol. The molecule has 2 heteroatoms. The first-order chi connectivity index (χ1) is 9.70. The lowest BCUT2D eigenvalue weighted by Gasteiger charge is -2.18. The number of hydrogen-bond acceptors (Lipinski definition) is 2. The lowest BCUT2D eigenvalue weighted by Crippen LogP contribution is -2.21. The van der Waals surface area contributed by atoms with E-state index in [2.05, 4.69) is 37.4 Å². The van der Waals surface area contributed by atoms with Gasteiger partial charge in [0.1, 0.15) is 5.75 Å². The Bertz CT molecular complexity index is 410. The molecule has 2 rings (SSSR count). The number of nitrogens with one attached hydrogen (secondary N) is 1. The molecule has 0 amide bonds. The van der Waals surface area contributed by atoms with Gasteiger partial charge < -0.3 is 10.1 Å². The van der Waals surface area contributed by atoms with Crippen LogP contribution in [0.4, 0.5) is 0 Å². The molecule has 0 radical (unpaired) electrons. The minimum absolute atomic E-state index is 0.355. The molecule has 112 valence electrons. The van der Waals surface area contributed by atoms with Crippen LogP contribution in [0.5, 0.6) is 5.75 Å². The second kappa shape index (κ2) is 7.68. The van der Waals surface area contributed by atoms with Gasteiger partial charge >= 0.3 is 0 Å².